The van der Waals surface area contributed by atoms with Gasteiger partial charge in [0.1, 0.15) is 6.10 Å². The summed E-state index contributed by atoms with van der Waals surface area (Å²) in [4.78, 5) is 15.1. The van der Waals surface area contributed by atoms with Crippen LogP contribution >= 0.6 is 22.7 Å². The summed E-state index contributed by atoms with van der Waals surface area (Å²) in [6.45, 7) is 0.597. The van der Waals surface area contributed by atoms with Crippen molar-refractivity contribution in [1.29, 1.82) is 0 Å². The van der Waals surface area contributed by atoms with Gasteiger partial charge in [0.25, 0.3) is 5.91 Å². The van der Waals surface area contributed by atoms with Crippen LogP contribution in [-0.4, -0.2) is 17.8 Å². The van der Waals surface area contributed by atoms with Crippen LogP contribution in [0.2, 0.25) is 0 Å². The number of aliphatic hydroxyl groups excluding tert-OH is 1. The molecule has 3 heterocycles. The van der Waals surface area contributed by atoms with E-state index in [1.165, 1.54) is 22.7 Å². The number of thiophene rings is 2. The van der Waals surface area contributed by atoms with Crippen molar-refractivity contribution in [2.45, 2.75) is 12.6 Å². The molecule has 0 saturated heterocycles. The topological polar surface area (TPSA) is 67.8 Å². The molecule has 2 aromatic heterocycles. The first-order valence-corrected chi connectivity index (χ1v) is 9.38. The number of benzene rings is 1. The third kappa shape index (κ3) is 3.39. The monoisotopic (exact) mass is 373 g/mol. The first kappa shape index (κ1) is 16.1. The van der Waals surface area contributed by atoms with Crippen LogP contribution in [0, 0.1) is 0 Å². The van der Waals surface area contributed by atoms with E-state index in [-0.39, 0.29) is 12.7 Å². The minimum Gasteiger partial charge on any atom is -0.454 e. The lowest BCUT2D eigenvalue weighted by molar-refractivity contribution is 0.0951. The molecule has 0 aliphatic carbocycles. The average molecular weight is 373 g/mol. The summed E-state index contributed by atoms with van der Waals surface area (Å²) in [5.41, 5.74) is 0.527. The Morgan fingerprint density at radius 2 is 2.04 bits per heavy atom. The maximum absolute atomic E-state index is 12.3. The van der Waals surface area contributed by atoms with Crippen LogP contribution in [0.4, 0.5) is 0 Å². The number of amides is 1. The Morgan fingerprint density at radius 3 is 2.88 bits per heavy atom. The highest BCUT2D eigenvalue weighted by Gasteiger charge is 2.17. The molecule has 0 spiro atoms. The van der Waals surface area contributed by atoms with Crippen molar-refractivity contribution >= 4 is 28.6 Å². The summed E-state index contributed by atoms with van der Waals surface area (Å²) < 4.78 is 10.5. The van der Waals surface area contributed by atoms with Gasteiger partial charge in [-0.2, -0.15) is 0 Å². The van der Waals surface area contributed by atoms with E-state index in [2.05, 4.69) is 5.32 Å². The second-order valence-corrected chi connectivity index (χ2v) is 7.65. The van der Waals surface area contributed by atoms with E-state index in [0.717, 1.165) is 14.6 Å². The molecular formula is C18H15NO4S2. The van der Waals surface area contributed by atoms with Gasteiger partial charge >= 0.3 is 0 Å². The van der Waals surface area contributed by atoms with Crippen LogP contribution in [0.1, 0.15) is 31.1 Å². The average Bonchev–Trinajstić information content (AvgIpc) is 3.39. The minimum atomic E-state index is -0.608. The number of ether oxygens (including phenoxy) is 2. The Labute approximate surface area is 152 Å². The van der Waals surface area contributed by atoms with Crippen molar-refractivity contribution < 1.29 is 19.4 Å². The van der Waals surface area contributed by atoms with Gasteiger partial charge in [-0.15, -0.1) is 22.7 Å². The van der Waals surface area contributed by atoms with Gasteiger partial charge in [0.2, 0.25) is 6.79 Å². The minimum absolute atomic E-state index is 0.174. The van der Waals surface area contributed by atoms with Gasteiger partial charge in [0.15, 0.2) is 11.5 Å². The first-order valence-electron chi connectivity index (χ1n) is 7.68. The van der Waals surface area contributed by atoms with E-state index >= 15 is 0 Å². The van der Waals surface area contributed by atoms with Gasteiger partial charge in [-0.25, -0.2) is 0 Å². The van der Waals surface area contributed by atoms with Crippen LogP contribution in [0.25, 0.3) is 0 Å². The van der Waals surface area contributed by atoms with E-state index in [9.17, 15) is 9.90 Å². The highest BCUT2D eigenvalue weighted by molar-refractivity contribution is 7.12. The van der Waals surface area contributed by atoms with Crippen molar-refractivity contribution in [3.05, 3.63) is 68.0 Å². The predicted octanol–water partition coefficient (Wildman–Crippen LogP) is 3.55. The molecule has 2 N–H and O–H groups in total. The lowest BCUT2D eigenvalue weighted by Gasteiger charge is -2.06. The molecule has 3 aromatic rings. The molecule has 0 fully saturated rings. The van der Waals surface area contributed by atoms with Crippen molar-refractivity contribution in [2.24, 2.45) is 0 Å². The summed E-state index contributed by atoms with van der Waals surface area (Å²) in [6, 6.07) is 12.8. The van der Waals surface area contributed by atoms with Crippen molar-refractivity contribution in [3.8, 4) is 11.5 Å². The fourth-order valence-corrected chi connectivity index (χ4v) is 4.29. The van der Waals surface area contributed by atoms with Crippen LogP contribution in [0.3, 0.4) is 0 Å². The molecule has 0 radical (unpaired) electrons. The van der Waals surface area contributed by atoms with Gasteiger partial charge in [-0.3, -0.25) is 4.79 Å². The molecule has 1 aliphatic heterocycles. The predicted molar refractivity (Wildman–Crippen MR) is 96.4 cm³/mol. The Hall–Kier alpha value is -2.35. The van der Waals surface area contributed by atoms with Crippen molar-refractivity contribution in [2.75, 3.05) is 6.79 Å². The van der Waals surface area contributed by atoms with Gasteiger partial charge < -0.3 is 19.9 Å². The highest BCUT2D eigenvalue weighted by atomic mass is 32.1. The molecule has 0 bridgehead atoms. The molecule has 4 rings (SSSR count). The molecule has 128 valence electrons. The quantitative estimate of drug-likeness (QED) is 0.718. The largest absolute Gasteiger partial charge is 0.454 e. The van der Waals surface area contributed by atoms with Crippen LogP contribution < -0.4 is 14.8 Å². The summed E-state index contributed by atoms with van der Waals surface area (Å²) in [5.74, 6) is 1.07. The third-order valence-electron chi connectivity index (χ3n) is 3.82. The number of carbonyl (C=O) groups is 1. The molecule has 1 aliphatic rings. The zero-order valence-electron chi connectivity index (χ0n) is 13.1. The van der Waals surface area contributed by atoms with Crippen molar-refractivity contribution in [3.63, 3.8) is 0 Å². The molecule has 0 saturated carbocycles. The SMILES string of the molecule is O=C(NCc1ccc(C(O)c2cccs2)s1)c1ccc2c(c1)OCO2. The summed E-state index contributed by atoms with van der Waals surface area (Å²) in [6.07, 6.45) is -0.608. The lowest BCUT2D eigenvalue weighted by Crippen LogP contribution is -2.22. The summed E-state index contributed by atoms with van der Waals surface area (Å²) >= 11 is 3.02. The van der Waals surface area contributed by atoms with E-state index in [4.69, 9.17) is 9.47 Å². The molecule has 1 amide bonds. The van der Waals surface area contributed by atoms with Crippen LogP contribution in [0.15, 0.2) is 47.8 Å². The van der Waals surface area contributed by atoms with Crippen LogP contribution in [-0.2, 0) is 6.54 Å². The Kier molecular flexibility index (Phi) is 4.44. The standard InChI is InChI=1S/C18H15NO4S2/c20-17(15-2-1-7-24-15)16-6-4-12(25-16)9-19-18(21)11-3-5-13-14(8-11)23-10-22-13/h1-8,17,20H,9-10H2,(H,19,21). The second kappa shape index (κ2) is 6.87. The molecule has 1 atom stereocenters. The van der Waals surface area contributed by atoms with Gasteiger partial charge in [-0.05, 0) is 41.8 Å². The first-order chi connectivity index (χ1) is 12.2. The van der Waals surface area contributed by atoms with Crippen LogP contribution in [0.5, 0.6) is 11.5 Å². The molecule has 1 aromatic carbocycles. The Balaban J connectivity index is 1.39. The number of hydrogen-bond donors (Lipinski definition) is 2. The fourth-order valence-electron chi connectivity index (χ4n) is 2.53. The number of fused-ring (bicyclic) bond motifs is 1. The smallest absolute Gasteiger partial charge is 0.251 e. The maximum Gasteiger partial charge on any atom is 0.251 e. The van der Waals surface area contributed by atoms with E-state index < -0.39 is 6.10 Å². The van der Waals surface area contributed by atoms with E-state index in [1.807, 2.05) is 29.6 Å². The molecule has 7 heteroatoms. The van der Waals surface area contributed by atoms with E-state index in [1.54, 1.807) is 18.2 Å². The Morgan fingerprint density at radius 1 is 1.16 bits per heavy atom. The highest BCUT2D eigenvalue weighted by Crippen LogP contribution is 2.33. The maximum atomic E-state index is 12.3. The third-order valence-corrected chi connectivity index (χ3v) is 5.88. The second-order valence-electron chi connectivity index (χ2n) is 5.47. The van der Waals surface area contributed by atoms with Gasteiger partial charge in [0.05, 0.1) is 6.54 Å². The number of hydrogen-bond acceptors (Lipinski definition) is 6. The number of carbonyl (C=O) groups excluding carboxylic acids is 1. The van der Waals surface area contributed by atoms with Gasteiger partial charge in [0, 0.05) is 20.2 Å². The summed E-state index contributed by atoms with van der Waals surface area (Å²) in [7, 11) is 0. The number of aliphatic hydroxyl groups is 1. The fraction of sp³-hybridized carbons (Fsp3) is 0.167. The molecule has 5 nitrogen and oxygen atoms in total. The lowest BCUT2D eigenvalue weighted by atomic mass is 10.2. The van der Waals surface area contributed by atoms with Gasteiger partial charge in [-0.1, -0.05) is 6.07 Å². The zero-order chi connectivity index (χ0) is 17.2. The van der Waals surface area contributed by atoms with E-state index in [0.29, 0.717) is 23.6 Å². The molecular weight excluding hydrogens is 358 g/mol. The Bertz CT molecular complexity index is 888. The number of rotatable bonds is 5. The summed E-state index contributed by atoms with van der Waals surface area (Å²) in [5, 5.41) is 15.2. The zero-order valence-corrected chi connectivity index (χ0v) is 14.7. The molecule has 1 unspecified atom stereocenters. The number of nitrogens with one attached hydrogen (secondary N) is 1. The normalized spacial score (nSPS) is 13.6. The molecule has 25 heavy (non-hydrogen) atoms. The van der Waals surface area contributed by atoms with Crippen molar-refractivity contribution in [1.82, 2.24) is 5.32 Å².